The molecule has 0 aliphatic heterocycles. The van der Waals surface area contributed by atoms with Crippen LogP contribution in [0.1, 0.15) is 12.1 Å². The van der Waals surface area contributed by atoms with Crippen LogP contribution in [0.25, 0.3) is 10.9 Å². The van der Waals surface area contributed by atoms with E-state index in [-0.39, 0.29) is 5.97 Å². The van der Waals surface area contributed by atoms with E-state index < -0.39 is 0 Å². The van der Waals surface area contributed by atoms with Crippen LogP contribution in [0, 0.1) is 0 Å². The lowest BCUT2D eigenvalue weighted by atomic mass is 10.1. The Morgan fingerprint density at radius 1 is 1.05 bits per heavy atom. The molecule has 0 amide bonds. The van der Waals surface area contributed by atoms with Crippen molar-refractivity contribution in [2.45, 2.75) is 12.8 Å². The summed E-state index contributed by atoms with van der Waals surface area (Å²) in [4.78, 5) is 15.7. The first-order chi connectivity index (χ1) is 9.69. The number of fused-ring (bicyclic) bond motifs is 1. The van der Waals surface area contributed by atoms with Crippen molar-refractivity contribution in [2.24, 2.45) is 0 Å². The highest BCUT2D eigenvalue weighted by atomic mass is 16.5. The number of methoxy groups -OCH3 is 3. The molecule has 0 saturated carbocycles. The Bertz CT molecular complexity index is 625. The van der Waals surface area contributed by atoms with Crippen LogP contribution < -0.4 is 9.47 Å². The van der Waals surface area contributed by atoms with Crippen LogP contribution in [-0.4, -0.2) is 32.3 Å². The van der Waals surface area contributed by atoms with E-state index in [1.165, 1.54) is 7.11 Å². The largest absolute Gasteiger partial charge is 0.496 e. The number of rotatable bonds is 5. The quantitative estimate of drug-likeness (QED) is 0.784. The van der Waals surface area contributed by atoms with E-state index in [1.54, 1.807) is 14.2 Å². The summed E-state index contributed by atoms with van der Waals surface area (Å²) in [6.45, 7) is 0. The zero-order valence-corrected chi connectivity index (χ0v) is 11.8. The number of hydrogen-bond donors (Lipinski definition) is 0. The SMILES string of the molecule is COC(=O)CCc1ccc2c(OC)ccc(OC)c2n1. The molecule has 0 spiro atoms. The molecule has 0 aliphatic carbocycles. The standard InChI is InChI=1S/C15H17NO4/c1-18-12-7-8-13(19-2)15-11(12)6-4-10(16-15)5-9-14(17)20-3/h4,6-8H,5,9H2,1-3H3. The second kappa shape index (κ2) is 6.23. The topological polar surface area (TPSA) is 57.7 Å². The lowest BCUT2D eigenvalue weighted by Crippen LogP contribution is -2.03. The van der Waals surface area contributed by atoms with Gasteiger partial charge in [-0.2, -0.15) is 0 Å². The van der Waals surface area contributed by atoms with E-state index in [4.69, 9.17) is 9.47 Å². The van der Waals surface area contributed by atoms with Crippen LogP contribution in [0.3, 0.4) is 0 Å². The van der Waals surface area contributed by atoms with Gasteiger partial charge >= 0.3 is 5.97 Å². The minimum Gasteiger partial charge on any atom is -0.496 e. The number of aromatic nitrogens is 1. The molecule has 2 aromatic rings. The minimum atomic E-state index is -0.246. The van der Waals surface area contributed by atoms with Gasteiger partial charge < -0.3 is 14.2 Å². The van der Waals surface area contributed by atoms with Gasteiger partial charge in [0.15, 0.2) is 0 Å². The Morgan fingerprint density at radius 2 is 1.75 bits per heavy atom. The van der Waals surface area contributed by atoms with Crippen molar-refractivity contribution in [3.8, 4) is 11.5 Å². The molecule has 1 aromatic carbocycles. The van der Waals surface area contributed by atoms with Crippen molar-refractivity contribution >= 4 is 16.9 Å². The second-order valence-corrected chi connectivity index (χ2v) is 4.24. The van der Waals surface area contributed by atoms with E-state index in [9.17, 15) is 4.79 Å². The third-order valence-corrected chi connectivity index (χ3v) is 3.09. The maximum Gasteiger partial charge on any atom is 0.305 e. The Balaban J connectivity index is 2.39. The smallest absolute Gasteiger partial charge is 0.305 e. The Kier molecular flexibility index (Phi) is 4.40. The molecule has 1 aromatic heterocycles. The van der Waals surface area contributed by atoms with Crippen molar-refractivity contribution < 1.29 is 19.0 Å². The molecule has 0 atom stereocenters. The van der Waals surface area contributed by atoms with Gasteiger partial charge in [0.05, 0.1) is 27.8 Å². The van der Waals surface area contributed by atoms with Gasteiger partial charge in [0.1, 0.15) is 17.0 Å². The summed E-state index contributed by atoms with van der Waals surface area (Å²) in [6, 6.07) is 7.47. The molecule has 0 N–H and O–H groups in total. The number of hydrogen-bond acceptors (Lipinski definition) is 5. The molecule has 5 heteroatoms. The molecule has 5 nitrogen and oxygen atoms in total. The number of carbonyl (C=O) groups is 1. The molecule has 0 radical (unpaired) electrons. The van der Waals surface area contributed by atoms with Gasteiger partial charge in [-0.1, -0.05) is 0 Å². The summed E-state index contributed by atoms with van der Waals surface area (Å²) in [5, 5.41) is 0.883. The number of pyridine rings is 1. The number of benzene rings is 1. The zero-order valence-electron chi connectivity index (χ0n) is 11.8. The molecule has 1 heterocycles. The molecular weight excluding hydrogens is 258 g/mol. The number of esters is 1. The molecule has 0 bridgehead atoms. The highest BCUT2D eigenvalue weighted by Crippen LogP contribution is 2.31. The van der Waals surface area contributed by atoms with Gasteiger partial charge in [-0.05, 0) is 24.3 Å². The summed E-state index contributed by atoms with van der Waals surface area (Å²) < 4.78 is 15.3. The number of nitrogens with zero attached hydrogens (tertiary/aromatic N) is 1. The highest BCUT2D eigenvalue weighted by Gasteiger charge is 2.10. The first-order valence-electron chi connectivity index (χ1n) is 6.27. The fraction of sp³-hybridized carbons (Fsp3) is 0.333. The van der Waals surface area contributed by atoms with Crippen molar-refractivity contribution in [2.75, 3.05) is 21.3 Å². The lowest BCUT2D eigenvalue weighted by molar-refractivity contribution is -0.140. The summed E-state index contributed by atoms with van der Waals surface area (Å²) in [5.74, 6) is 1.18. The van der Waals surface area contributed by atoms with Gasteiger partial charge in [0.2, 0.25) is 0 Å². The van der Waals surface area contributed by atoms with Gasteiger partial charge in [-0.15, -0.1) is 0 Å². The number of aryl methyl sites for hydroxylation is 1. The second-order valence-electron chi connectivity index (χ2n) is 4.24. The lowest BCUT2D eigenvalue weighted by Gasteiger charge is -2.10. The van der Waals surface area contributed by atoms with Gasteiger partial charge in [0.25, 0.3) is 0 Å². The molecule has 2 rings (SSSR count). The number of carbonyl (C=O) groups excluding carboxylic acids is 1. The van der Waals surface area contributed by atoms with Gasteiger partial charge in [-0.3, -0.25) is 4.79 Å². The van der Waals surface area contributed by atoms with Gasteiger partial charge in [-0.25, -0.2) is 4.98 Å². The van der Waals surface area contributed by atoms with E-state index in [1.807, 2.05) is 24.3 Å². The fourth-order valence-corrected chi connectivity index (χ4v) is 2.02. The first-order valence-corrected chi connectivity index (χ1v) is 6.27. The summed E-state index contributed by atoms with van der Waals surface area (Å²) >= 11 is 0. The molecule has 106 valence electrons. The summed E-state index contributed by atoms with van der Waals surface area (Å²) in [6.07, 6.45) is 0.838. The Labute approximate surface area is 117 Å². The third kappa shape index (κ3) is 2.82. The maximum absolute atomic E-state index is 11.2. The molecule has 0 aliphatic rings. The molecule has 20 heavy (non-hydrogen) atoms. The third-order valence-electron chi connectivity index (χ3n) is 3.09. The zero-order chi connectivity index (χ0) is 14.5. The van der Waals surface area contributed by atoms with E-state index >= 15 is 0 Å². The summed E-state index contributed by atoms with van der Waals surface area (Å²) in [5.41, 5.74) is 1.55. The molecule has 0 fully saturated rings. The van der Waals surface area contributed by atoms with Crippen LogP contribution in [0.2, 0.25) is 0 Å². The van der Waals surface area contributed by atoms with Crippen LogP contribution in [0.15, 0.2) is 24.3 Å². The molecular formula is C15H17NO4. The van der Waals surface area contributed by atoms with E-state index in [0.717, 1.165) is 22.3 Å². The Morgan fingerprint density at radius 3 is 2.40 bits per heavy atom. The van der Waals surface area contributed by atoms with Gasteiger partial charge in [0, 0.05) is 17.5 Å². The van der Waals surface area contributed by atoms with Crippen LogP contribution >= 0.6 is 0 Å². The Hall–Kier alpha value is -2.30. The molecule has 0 saturated heterocycles. The predicted octanol–water partition coefficient (Wildman–Crippen LogP) is 2.36. The van der Waals surface area contributed by atoms with Crippen molar-refractivity contribution in [1.82, 2.24) is 4.98 Å². The molecule has 0 unspecified atom stereocenters. The van der Waals surface area contributed by atoms with Crippen molar-refractivity contribution in [3.63, 3.8) is 0 Å². The van der Waals surface area contributed by atoms with Crippen LogP contribution in [0.5, 0.6) is 11.5 Å². The van der Waals surface area contributed by atoms with E-state index in [2.05, 4.69) is 9.72 Å². The van der Waals surface area contributed by atoms with Crippen LogP contribution in [0.4, 0.5) is 0 Å². The first kappa shape index (κ1) is 14.1. The average Bonchev–Trinajstić information content (AvgIpc) is 2.51. The summed E-state index contributed by atoms with van der Waals surface area (Å²) in [7, 11) is 4.60. The number of ether oxygens (including phenoxy) is 3. The maximum atomic E-state index is 11.2. The fourth-order valence-electron chi connectivity index (χ4n) is 2.02. The average molecular weight is 275 g/mol. The predicted molar refractivity (Wildman–Crippen MR) is 75.2 cm³/mol. The normalized spacial score (nSPS) is 10.3. The minimum absolute atomic E-state index is 0.246. The van der Waals surface area contributed by atoms with Crippen molar-refractivity contribution in [1.29, 1.82) is 0 Å². The monoisotopic (exact) mass is 275 g/mol. The van der Waals surface area contributed by atoms with E-state index in [0.29, 0.717) is 18.6 Å². The van der Waals surface area contributed by atoms with Crippen molar-refractivity contribution in [3.05, 3.63) is 30.0 Å². The highest BCUT2D eigenvalue weighted by molar-refractivity contribution is 5.90. The van der Waals surface area contributed by atoms with Crippen LogP contribution in [-0.2, 0) is 16.0 Å².